The molecule has 1 aromatic carbocycles. The van der Waals surface area contributed by atoms with Crippen molar-refractivity contribution >= 4 is 22.3 Å². The number of piperidine rings is 1. The fourth-order valence-electron chi connectivity index (χ4n) is 5.15. The quantitative estimate of drug-likeness (QED) is 0.780. The average Bonchev–Trinajstić information content (AvgIpc) is 2.55. The molecule has 1 aliphatic heterocycles. The number of likely N-dealkylation sites (tertiary alicyclic amines) is 1. The van der Waals surface area contributed by atoms with Gasteiger partial charge >= 0.3 is 5.97 Å². The molecule has 2 radical (unpaired) electrons. The largest absolute Gasteiger partial charge is 0.508 e. The summed E-state index contributed by atoms with van der Waals surface area (Å²) in [5.41, 5.74) is 1.22. The molecule has 2 aliphatic rings. The van der Waals surface area contributed by atoms with Crippen LogP contribution in [0.25, 0.3) is 0 Å². The van der Waals surface area contributed by atoms with Crippen LogP contribution < -0.4 is 0 Å². The molecule has 3 rings (SSSR count). The van der Waals surface area contributed by atoms with Crippen molar-refractivity contribution in [3.05, 3.63) is 29.8 Å². The number of benzene rings is 1. The lowest BCUT2D eigenvalue weighted by Gasteiger charge is -2.57. The smallest absolute Gasteiger partial charge is 0.303 e. The van der Waals surface area contributed by atoms with Crippen molar-refractivity contribution in [1.29, 1.82) is 0 Å². The summed E-state index contributed by atoms with van der Waals surface area (Å²) in [6.45, 7) is 2.13. The van der Waals surface area contributed by atoms with Crippen molar-refractivity contribution in [3.63, 3.8) is 0 Å². The number of fused-ring (bicyclic) bond motifs is 2. The van der Waals surface area contributed by atoms with Gasteiger partial charge in [-0.05, 0) is 62.4 Å². The predicted octanol–water partition coefficient (Wildman–Crippen LogP) is 2.96. The highest BCUT2D eigenvalue weighted by molar-refractivity contribution is 6.08. The maximum atomic E-state index is 11.2. The zero-order chi connectivity index (χ0) is 17.2. The number of carboxylic acids is 1. The second-order valence-corrected chi connectivity index (χ2v) is 7.86. The third-order valence-electron chi connectivity index (χ3n) is 6.12. The van der Waals surface area contributed by atoms with Gasteiger partial charge in [-0.15, -0.1) is 5.28 Å². The lowest BCUT2D eigenvalue weighted by Crippen LogP contribution is -2.58. The zero-order valence-corrected chi connectivity index (χ0v) is 15.3. The number of hydrogen-bond donors (Lipinski definition) is 2. The minimum atomic E-state index is -0.706. The first-order chi connectivity index (χ1) is 11.6. The summed E-state index contributed by atoms with van der Waals surface area (Å²) in [6.07, 6.45) is 5.46. The molecule has 2 N–H and O–H groups in total. The third-order valence-corrected chi connectivity index (χ3v) is 6.38. The van der Waals surface area contributed by atoms with Crippen molar-refractivity contribution in [3.8, 4) is 5.75 Å². The molecule has 0 amide bonds. The van der Waals surface area contributed by atoms with Crippen molar-refractivity contribution in [2.75, 3.05) is 13.1 Å². The second kappa shape index (κ2) is 7.47. The van der Waals surface area contributed by atoms with Crippen LogP contribution in [0, 0.1) is 5.92 Å². The SMILES string of the molecule is O=C(O)CCC1[C@@H]2CCC[C@@]1(c1cccc(O)c1)CCN2C[CH2][Al]. The van der Waals surface area contributed by atoms with E-state index < -0.39 is 5.97 Å². The third kappa shape index (κ3) is 3.35. The zero-order valence-electron chi connectivity index (χ0n) is 14.2. The first-order valence-corrected chi connectivity index (χ1v) is 9.84. The molecule has 2 fully saturated rings. The summed E-state index contributed by atoms with van der Waals surface area (Å²) in [5.74, 6) is -0.0369. The fraction of sp³-hybridized carbons (Fsp3) is 0.632. The van der Waals surface area contributed by atoms with E-state index >= 15 is 0 Å². The van der Waals surface area contributed by atoms with E-state index in [9.17, 15) is 15.0 Å². The monoisotopic (exact) mass is 343 g/mol. The first-order valence-electron chi connectivity index (χ1n) is 9.02. The summed E-state index contributed by atoms with van der Waals surface area (Å²) in [5, 5.41) is 20.2. The van der Waals surface area contributed by atoms with E-state index in [1.54, 1.807) is 6.07 Å². The van der Waals surface area contributed by atoms with Gasteiger partial charge in [0.2, 0.25) is 0 Å². The van der Waals surface area contributed by atoms with Gasteiger partial charge in [0, 0.05) is 17.9 Å². The van der Waals surface area contributed by atoms with Gasteiger partial charge in [0.15, 0.2) is 0 Å². The summed E-state index contributed by atoms with van der Waals surface area (Å²) in [4.78, 5) is 13.8. The number of carboxylic acid groups (broad SMARTS) is 1. The van der Waals surface area contributed by atoms with Crippen LogP contribution in [0.5, 0.6) is 5.75 Å². The molecular formula is C19H26AlNO3. The van der Waals surface area contributed by atoms with E-state index in [1.807, 2.05) is 12.1 Å². The van der Waals surface area contributed by atoms with Gasteiger partial charge in [0.1, 0.15) is 22.0 Å². The standard InChI is InChI=1S/C19H26NO3.Al/c1-2-20-12-11-19(14-5-3-6-15(21)13-14)10-4-7-17(20)16(19)8-9-18(22)23;/h3,5-6,13,16-17,21H,1-2,4,7-12H2,(H,22,23);/t16?,17-,19-;/m0./s1. The molecule has 24 heavy (non-hydrogen) atoms. The van der Waals surface area contributed by atoms with E-state index in [0.29, 0.717) is 17.7 Å². The molecule has 1 saturated heterocycles. The molecule has 2 bridgehead atoms. The van der Waals surface area contributed by atoms with Crippen LogP contribution in [-0.2, 0) is 10.2 Å². The van der Waals surface area contributed by atoms with Gasteiger partial charge in [-0.3, -0.25) is 4.79 Å². The molecule has 0 spiro atoms. The number of carbonyl (C=O) groups is 1. The van der Waals surface area contributed by atoms with E-state index in [-0.39, 0.29) is 11.8 Å². The molecule has 1 heterocycles. The van der Waals surface area contributed by atoms with Crippen LogP contribution in [0.4, 0.5) is 0 Å². The Bertz CT molecular complexity index is 594. The summed E-state index contributed by atoms with van der Waals surface area (Å²) in [7, 11) is 0. The fourth-order valence-corrected chi connectivity index (χ4v) is 5.48. The lowest BCUT2D eigenvalue weighted by molar-refractivity contribution is -0.138. The Kier molecular flexibility index (Phi) is 5.54. The van der Waals surface area contributed by atoms with Gasteiger partial charge in [-0.1, -0.05) is 18.6 Å². The first kappa shape index (κ1) is 17.8. The number of nitrogens with zero attached hydrogens (tertiary/aromatic N) is 1. The number of aromatic hydroxyl groups is 1. The highest BCUT2D eigenvalue weighted by Crippen LogP contribution is 2.53. The molecule has 3 atom stereocenters. The number of aliphatic carboxylic acids is 1. The van der Waals surface area contributed by atoms with Crippen LogP contribution in [0.3, 0.4) is 0 Å². The maximum Gasteiger partial charge on any atom is 0.303 e. The molecule has 1 aliphatic carbocycles. The van der Waals surface area contributed by atoms with Gasteiger partial charge in [-0.25, -0.2) is 0 Å². The molecule has 4 nitrogen and oxygen atoms in total. The normalized spacial score (nSPS) is 30.2. The Morgan fingerprint density at radius 2 is 2.21 bits per heavy atom. The van der Waals surface area contributed by atoms with Crippen LogP contribution >= 0.6 is 0 Å². The molecule has 5 heteroatoms. The Morgan fingerprint density at radius 3 is 2.92 bits per heavy atom. The average molecular weight is 343 g/mol. The summed E-state index contributed by atoms with van der Waals surface area (Å²) in [6, 6.07) is 8.14. The minimum Gasteiger partial charge on any atom is -0.508 e. The van der Waals surface area contributed by atoms with Crippen molar-refractivity contribution in [2.24, 2.45) is 5.92 Å². The minimum absolute atomic E-state index is 0.0223. The number of phenols is 1. The second-order valence-electron chi connectivity index (χ2n) is 7.28. The molecule has 1 aromatic rings. The summed E-state index contributed by atoms with van der Waals surface area (Å²) < 4.78 is 0. The van der Waals surface area contributed by atoms with E-state index in [2.05, 4.69) is 27.3 Å². The molecular weight excluding hydrogens is 317 g/mol. The van der Waals surface area contributed by atoms with Crippen LogP contribution in [-0.4, -0.2) is 56.5 Å². The van der Waals surface area contributed by atoms with Gasteiger partial charge in [0.25, 0.3) is 0 Å². The molecule has 1 unspecified atom stereocenters. The van der Waals surface area contributed by atoms with Crippen molar-refractivity contribution in [2.45, 2.75) is 55.3 Å². The van der Waals surface area contributed by atoms with E-state index in [4.69, 9.17) is 0 Å². The van der Waals surface area contributed by atoms with Crippen molar-refractivity contribution in [1.82, 2.24) is 4.90 Å². The maximum absolute atomic E-state index is 11.2. The van der Waals surface area contributed by atoms with Crippen molar-refractivity contribution < 1.29 is 15.0 Å². The van der Waals surface area contributed by atoms with Crippen LogP contribution in [0.15, 0.2) is 24.3 Å². The molecule has 1 saturated carbocycles. The Hall–Kier alpha value is -1.02. The Morgan fingerprint density at radius 1 is 1.38 bits per heavy atom. The van der Waals surface area contributed by atoms with E-state index in [1.165, 1.54) is 12.0 Å². The van der Waals surface area contributed by atoms with E-state index in [0.717, 1.165) is 44.1 Å². The number of hydrogen-bond acceptors (Lipinski definition) is 3. The highest BCUT2D eigenvalue weighted by Gasteiger charge is 2.51. The Balaban J connectivity index is 1.96. The molecule has 0 aromatic heterocycles. The summed E-state index contributed by atoms with van der Waals surface area (Å²) >= 11 is 2.81. The van der Waals surface area contributed by atoms with Gasteiger partial charge in [0.05, 0.1) is 0 Å². The van der Waals surface area contributed by atoms with Crippen LogP contribution in [0.2, 0.25) is 5.28 Å². The highest BCUT2D eigenvalue weighted by atomic mass is 27.0. The number of phenolic OH excluding ortho intramolecular Hbond substituents is 1. The molecule has 128 valence electrons. The van der Waals surface area contributed by atoms with Gasteiger partial charge < -0.3 is 15.1 Å². The van der Waals surface area contributed by atoms with Crippen LogP contribution in [0.1, 0.15) is 44.1 Å². The number of rotatable bonds is 6. The predicted molar refractivity (Wildman–Crippen MR) is 94.5 cm³/mol. The topological polar surface area (TPSA) is 60.8 Å². The van der Waals surface area contributed by atoms with Gasteiger partial charge in [-0.2, -0.15) is 0 Å². The Labute approximate surface area is 152 Å². The lowest BCUT2D eigenvalue weighted by atomic mass is 9.55.